The molecule has 6 heteroatoms. The lowest BCUT2D eigenvalue weighted by molar-refractivity contribution is 0.0686. The third-order valence-electron chi connectivity index (χ3n) is 11.8. The summed E-state index contributed by atoms with van der Waals surface area (Å²) >= 11 is 3.50. The zero-order valence-electron chi connectivity index (χ0n) is 34.3. The van der Waals surface area contributed by atoms with Crippen LogP contribution in [-0.4, -0.2) is 22.2 Å². The lowest BCUT2D eigenvalue weighted by atomic mass is 9.62. The molecule has 0 fully saturated rings. The Kier molecular flexibility index (Phi) is 12.3. The van der Waals surface area contributed by atoms with E-state index in [9.17, 15) is 9.59 Å². The van der Waals surface area contributed by atoms with Gasteiger partial charge < -0.3 is 10.2 Å². The number of carbonyl (C=O) groups is 2. The van der Waals surface area contributed by atoms with Crippen molar-refractivity contribution in [2.75, 3.05) is 0 Å². The first kappa shape index (κ1) is 41.7. The molecule has 0 spiro atoms. The van der Waals surface area contributed by atoms with Gasteiger partial charge in [0.25, 0.3) is 0 Å². The largest absolute Gasteiger partial charge is 0.478 e. The van der Waals surface area contributed by atoms with Crippen LogP contribution >= 0.6 is 23.5 Å². The summed E-state index contributed by atoms with van der Waals surface area (Å²) in [4.78, 5) is 27.0. The van der Waals surface area contributed by atoms with Gasteiger partial charge in [0.05, 0.1) is 11.1 Å². The van der Waals surface area contributed by atoms with Gasteiger partial charge in [0.15, 0.2) is 0 Å². The van der Waals surface area contributed by atoms with Gasteiger partial charge in [0.2, 0.25) is 0 Å². The fraction of sp³-hybridized carbons (Fsp3) is 0.458. The number of rotatable bonds is 9. The van der Waals surface area contributed by atoms with Crippen molar-refractivity contribution in [2.45, 2.75) is 162 Å². The summed E-state index contributed by atoms with van der Waals surface area (Å²) in [5.74, 6) is -1.32. The third kappa shape index (κ3) is 9.13. The number of aryl methyl sites for hydroxylation is 1. The number of fused-ring (bicyclic) bond motifs is 2. The van der Waals surface area contributed by atoms with Gasteiger partial charge in [-0.25, -0.2) is 9.59 Å². The molecule has 0 atom stereocenters. The van der Waals surface area contributed by atoms with Crippen molar-refractivity contribution in [1.29, 1.82) is 0 Å². The van der Waals surface area contributed by atoms with Crippen LogP contribution < -0.4 is 0 Å². The maximum atomic E-state index is 11.1. The summed E-state index contributed by atoms with van der Waals surface area (Å²) in [6, 6.07) is 24.1. The van der Waals surface area contributed by atoms with Crippen molar-refractivity contribution in [3.8, 4) is 0 Å². The molecular weight excluding hydrogens is 705 g/mol. The predicted molar refractivity (Wildman–Crippen MR) is 227 cm³/mol. The van der Waals surface area contributed by atoms with E-state index in [1.807, 2.05) is 24.3 Å². The van der Waals surface area contributed by atoms with Crippen LogP contribution in [0, 0.1) is 0 Å². The predicted octanol–water partition coefficient (Wildman–Crippen LogP) is 13.8. The topological polar surface area (TPSA) is 74.6 Å². The third-order valence-corrected chi connectivity index (χ3v) is 14.0. The van der Waals surface area contributed by atoms with Gasteiger partial charge in [-0.1, -0.05) is 118 Å². The zero-order valence-corrected chi connectivity index (χ0v) is 35.9. The van der Waals surface area contributed by atoms with E-state index in [4.69, 9.17) is 10.2 Å². The molecule has 0 unspecified atom stereocenters. The molecule has 0 saturated carbocycles. The Bertz CT molecular complexity index is 2000. The number of benzene rings is 4. The standard InChI is InChI=1S/2C24H30O2S/c1-15(2)18-13-19-20(24(5,6)12-11-23(19,3)4)14-21(18)27-17-9-7-16(8-10-17)22(25)26;1-6-7-17-14-19-20(24(4,5)13-12-23(19,2)3)15-21(17)27-18-10-8-16(9-11-18)22(25)26/h7-10,13-15H,11-12H2,1-6H3,(H,25,26);8-11,14-15H,6-7,12-13H2,1-5H3,(H,25,26). The van der Waals surface area contributed by atoms with Crippen molar-refractivity contribution in [3.63, 3.8) is 0 Å². The van der Waals surface area contributed by atoms with E-state index in [-0.39, 0.29) is 21.7 Å². The summed E-state index contributed by atoms with van der Waals surface area (Å²) in [5, 5.41) is 18.2. The molecule has 2 N–H and O–H groups in total. The maximum Gasteiger partial charge on any atom is 0.335 e. The second kappa shape index (κ2) is 15.9. The van der Waals surface area contributed by atoms with Crippen LogP contribution in [0.5, 0.6) is 0 Å². The van der Waals surface area contributed by atoms with Crippen LogP contribution in [0.1, 0.15) is 168 Å². The Morgan fingerprint density at radius 3 is 1.30 bits per heavy atom. The Morgan fingerprint density at radius 2 is 0.926 bits per heavy atom. The van der Waals surface area contributed by atoms with E-state index in [1.165, 1.54) is 68.9 Å². The molecule has 0 amide bonds. The van der Waals surface area contributed by atoms with E-state index in [1.54, 1.807) is 47.8 Å². The minimum absolute atomic E-state index is 0.183. The van der Waals surface area contributed by atoms with Gasteiger partial charge in [-0.05, 0) is 154 Å². The fourth-order valence-corrected chi connectivity index (χ4v) is 10.0. The molecular formula is C48H60O4S2. The number of hydrogen-bond acceptors (Lipinski definition) is 4. The Balaban J connectivity index is 0.000000208. The highest BCUT2D eigenvalue weighted by atomic mass is 32.2. The van der Waals surface area contributed by atoms with Gasteiger partial charge >= 0.3 is 11.9 Å². The van der Waals surface area contributed by atoms with Crippen LogP contribution in [-0.2, 0) is 28.1 Å². The highest BCUT2D eigenvalue weighted by Gasteiger charge is 2.39. The molecule has 4 aromatic carbocycles. The molecule has 2 aliphatic rings. The maximum absolute atomic E-state index is 11.1. The zero-order chi connectivity index (χ0) is 39.8. The highest BCUT2D eigenvalue weighted by molar-refractivity contribution is 7.99. The summed E-state index contributed by atoms with van der Waals surface area (Å²) in [7, 11) is 0. The summed E-state index contributed by atoms with van der Waals surface area (Å²) in [6.07, 6.45) is 7.03. The van der Waals surface area contributed by atoms with Crippen LogP contribution in [0.3, 0.4) is 0 Å². The first-order chi connectivity index (χ1) is 25.1. The van der Waals surface area contributed by atoms with Crippen molar-refractivity contribution < 1.29 is 19.8 Å². The van der Waals surface area contributed by atoms with Crippen molar-refractivity contribution in [2.24, 2.45) is 0 Å². The van der Waals surface area contributed by atoms with E-state index >= 15 is 0 Å². The summed E-state index contributed by atoms with van der Waals surface area (Å²) in [5.41, 5.74) is 10.2. The molecule has 6 rings (SSSR count). The first-order valence-electron chi connectivity index (χ1n) is 19.5. The van der Waals surface area contributed by atoms with Gasteiger partial charge in [-0.15, -0.1) is 0 Å². The molecule has 0 radical (unpaired) electrons. The number of carboxylic acid groups (broad SMARTS) is 2. The molecule has 288 valence electrons. The Hall–Kier alpha value is -3.48. The molecule has 54 heavy (non-hydrogen) atoms. The molecule has 0 heterocycles. The minimum atomic E-state index is -0.882. The second-order valence-corrected chi connectivity index (χ2v) is 20.5. The molecule has 0 saturated heterocycles. The van der Waals surface area contributed by atoms with E-state index in [2.05, 4.69) is 100 Å². The van der Waals surface area contributed by atoms with E-state index in [0.717, 1.165) is 22.6 Å². The number of hydrogen-bond donors (Lipinski definition) is 2. The van der Waals surface area contributed by atoms with Crippen LogP contribution in [0.2, 0.25) is 0 Å². The first-order valence-corrected chi connectivity index (χ1v) is 21.2. The average molecular weight is 765 g/mol. The minimum Gasteiger partial charge on any atom is -0.478 e. The van der Waals surface area contributed by atoms with Crippen molar-refractivity contribution in [1.82, 2.24) is 0 Å². The van der Waals surface area contributed by atoms with Gasteiger partial charge in [0.1, 0.15) is 0 Å². The number of aromatic carboxylic acids is 2. The summed E-state index contributed by atoms with van der Waals surface area (Å²) < 4.78 is 0. The molecule has 4 nitrogen and oxygen atoms in total. The van der Waals surface area contributed by atoms with Gasteiger partial charge in [-0.2, -0.15) is 0 Å². The van der Waals surface area contributed by atoms with Crippen molar-refractivity contribution >= 4 is 35.5 Å². The molecule has 4 aromatic rings. The molecule has 0 aromatic heterocycles. The van der Waals surface area contributed by atoms with Crippen molar-refractivity contribution in [3.05, 3.63) is 117 Å². The van der Waals surface area contributed by atoms with Crippen LogP contribution in [0.4, 0.5) is 0 Å². The quantitative estimate of drug-likeness (QED) is 0.177. The SMILES string of the molecule is CC(C)c1cc2c(cc1Sc1ccc(C(=O)O)cc1)C(C)(C)CCC2(C)C.CCCc1cc2c(cc1Sc1ccc(C(=O)O)cc1)C(C)(C)CCC2(C)C. The lowest BCUT2D eigenvalue weighted by Crippen LogP contribution is -2.34. The van der Waals surface area contributed by atoms with Crippen LogP contribution in [0.15, 0.2) is 92.4 Å². The normalized spacial score (nSPS) is 17.5. The van der Waals surface area contributed by atoms with Gasteiger partial charge in [0, 0.05) is 19.6 Å². The number of carboxylic acids is 2. The van der Waals surface area contributed by atoms with Gasteiger partial charge in [-0.3, -0.25) is 0 Å². The molecule has 2 aliphatic carbocycles. The van der Waals surface area contributed by atoms with E-state index < -0.39 is 11.9 Å². The average Bonchev–Trinajstić information content (AvgIpc) is 3.10. The fourth-order valence-electron chi connectivity index (χ4n) is 7.93. The second-order valence-electron chi connectivity index (χ2n) is 18.2. The smallest absolute Gasteiger partial charge is 0.335 e. The van der Waals surface area contributed by atoms with Crippen LogP contribution in [0.25, 0.3) is 0 Å². The molecule has 0 aliphatic heterocycles. The highest BCUT2D eigenvalue weighted by Crippen LogP contribution is 2.50. The summed E-state index contributed by atoms with van der Waals surface area (Å²) in [6.45, 7) is 25.6. The Morgan fingerprint density at radius 1 is 0.574 bits per heavy atom. The monoisotopic (exact) mass is 764 g/mol. The van der Waals surface area contributed by atoms with E-state index in [0.29, 0.717) is 17.0 Å². The Labute approximate surface area is 333 Å². The lowest BCUT2D eigenvalue weighted by Gasteiger charge is -2.42. The molecule has 0 bridgehead atoms.